The SMILES string of the molecule is Cc1ccc(-c2ccccc2)c(C(=O)NCCC#N)c1. The van der Waals surface area contributed by atoms with Gasteiger partial charge < -0.3 is 5.32 Å². The molecule has 0 aliphatic rings. The Morgan fingerprint density at radius 2 is 1.95 bits per heavy atom. The molecule has 0 atom stereocenters. The van der Waals surface area contributed by atoms with E-state index >= 15 is 0 Å². The number of nitrogens with one attached hydrogen (secondary N) is 1. The molecule has 2 aromatic rings. The molecule has 0 aliphatic carbocycles. The molecule has 0 bridgehead atoms. The summed E-state index contributed by atoms with van der Waals surface area (Å²) in [5.41, 5.74) is 3.60. The van der Waals surface area contributed by atoms with Crippen molar-refractivity contribution < 1.29 is 4.79 Å². The van der Waals surface area contributed by atoms with Crippen LogP contribution in [0.25, 0.3) is 11.1 Å². The third-order valence-electron chi connectivity index (χ3n) is 3.03. The van der Waals surface area contributed by atoms with Gasteiger partial charge in [-0.2, -0.15) is 5.26 Å². The van der Waals surface area contributed by atoms with Crippen molar-refractivity contribution in [3.05, 3.63) is 59.7 Å². The molecule has 0 aliphatic heterocycles. The van der Waals surface area contributed by atoms with Gasteiger partial charge in [-0.3, -0.25) is 4.79 Å². The number of carbonyl (C=O) groups is 1. The molecule has 2 aromatic carbocycles. The number of amides is 1. The summed E-state index contributed by atoms with van der Waals surface area (Å²) < 4.78 is 0. The summed E-state index contributed by atoms with van der Waals surface area (Å²) in [7, 11) is 0. The van der Waals surface area contributed by atoms with Gasteiger partial charge in [-0.05, 0) is 24.1 Å². The number of benzene rings is 2. The van der Waals surface area contributed by atoms with E-state index in [0.29, 0.717) is 18.5 Å². The van der Waals surface area contributed by atoms with Gasteiger partial charge in [0, 0.05) is 12.1 Å². The largest absolute Gasteiger partial charge is 0.351 e. The Hall–Kier alpha value is -2.60. The van der Waals surface area contributed by atoms with Crippen LogP contribution in [0.3, 0.4) is 0 Å². The van der Waals surface area contributed by atoms with Gasteiger partial charge in [-0.15, -0.1) is 0 Å². The van der Waals surface area contributed by atoms with Crippen LogP contribution in [-0.2, 0) is 0 Å². The number of rotatable bonds is 4. The van der Waals surface area contributed by atoms with Crippen LogP contribution in [0.2, 0.25) is 0 Å². The molecule has 0 radical (unpaired) electrons. The second-order valence-electron chi connectivity index (χ2n) is 4.58. The van der Waals surface area contributed by atoms with Gasteiger partial charge in [0.1, 0.15) is 0 Å². The minimum Gasteiger partial charge on any atom is -0.351 e. The van der Waals surface area contributed by atoms with E-state index in [1.807, 2.05) is 61.5 Å². The fourth-order valence-corrected chi connectivity index (χ4v) is 2.04. The van der Waals surface area contributed by atoms with E-state index in [1.54, 1.807) is 0 Å². The smallest absolute Gasteiger partial charge is 0.251 e. The van der Waals surface area contributed by atoms with Crippen molar-refractivity contribution in [2.75, 3.05) is 6.54 Å². The van der Waals surface area contributed by atoms with Gasteiger partial charge in [0.15, 0.2) is 0 Å². The Bertz CT molecular complexity index is 642. The molecular formula is C17H16N2O. The van der Waals surface area contributed by atoms with Crippen molar-refractivity contribution in [2.24, 2.45) is 0 Å². The Labute approximate surface area is 118 Å². The lowest BCUT2D eigenvalue weighted by Gasteiger charge is -2.11. The van der Waals surface area contributed by atoms with Crippen molar-refractivity contribution in [3.8, 4) is 17.2 Å². The summed E-state index contributed by atoms with van der Waals surface area (Å²) in [6.45, 7) is 2.33. The Kier molecular flexibility index (Phi) is 4.52. The number of nitrogens with zero attached hydrogens (tertiary/aromatic N) is 1. The monoisotopic (exact) mass is 264 g/mol. The maximum atomic E-state index is 12.2. The van der Waals surface area contributed by atoms with Crippen LogP contribution < -0.4 is 5.32 Å². The molecular weight excluding hydrogens is 248 g/mol. The molecule has 2 rings (SSSR count). The highest BCUT2D eigenvalue weighted by atomic mass is 16.1. The number of hydrogen-bond acceptors (Lipinski definition) is 2. The standard InChI is InChI=1S/C17H16N2O/c1-13-8-9-15(14-6-3-2-4-7-14)16(12-13)17(20)19-11-5-10-18/h2-4,6-9,12H,5,11H2,1H3,(H,19,20). The molecule has 3 heteroatoms. The summed E-state index contributed by atoms with van der Waals surface area (Å²) in [4.78, 5) is 12.2. The molecule has 0 fully saturated rings. The Morgan fingerprint density at radius 1 is 1.20 bits per heavy atom. The number of carbonyl (C=O) groups excluding carboxylic acids is 1. The zero-order valence-electron chi connectivity index (χ0n) is 11.4. The lowest BCUT2D eigenvalue weighted by molar-refractivity contribution is 0.0955. The topological polar surface area (TPSA) is 52.9 Å². The maximum absolute atomic E-state index is 12.2. The van der Waals surface area contributed by atoms with E-state index in [0.717, 1.165) is 16.7 Å². The van der Waals surface area contributed by atoms with E-state index in [9.17, 15) is 4.79 Å². The molecule has 0 aromatic heterocycles. The summed E-state index contributed by atoms with van der Waals surface area (Å²) in [5.74, 6) is -0.136. The molecule has 0 saturated heterocycles. The molecule has 100 valence electrons. The second kappa shape index (κ2) is 6.53. The van der Waals surface area contributed by atoms with E-state index in [2.05, 4.69) is 5.32 Å². The van der Waals surface area contributed by atoms with Crippen LogP contribution in [-0.4, -0.2) is 12.5 Å². The first-order valence-corrected chi connectivity index (χ1v) is 6.53. The predicted octanol–water partition coefficient (Wildman–Crippen LogP) is 3.31. The van der Waals surface area contributed by atoms with Gasteiger partial charge in [0.05, 0.1) is 12.5 Å². The molecule has 0 spiro atoms. The zero-order valence-corrected chi connectivity index (χ0v) is 11.4. The predicted molar refractivity (Wildman–Crippen MR) is 79.2 cm³/mol. The van der Waals surface area contributed by atoms with E-state index < -0.39 is 0 Å². The van der Waals surface area contributed by atoms with Crippen LogP contribution in [0.4, 0.5) is 0 Å². The molecule has 0 unspecified atom stereocenters. The normalized spacial score (nSPS) is 9.80. The molecule has 3 nitrogen and oxygen atoms in total. The van der Waals surface area contributed by atoms with Crippen LogP contribution in [0.15, 0.2) is 48.5 Å². The fourth-order valence-electron chi connectivity index (χ4n) is 2.04. The molecule has 0 saturated carbocycles. The van der Waals surface area contributed by atoms with Crippen LogP contribution in [0.1, 0.15) is 22.3 Å². The third kappa shape index (κ3) is 3.24. The first kappa shape index (κ1) is 13.8. The molecule has 20 heavy (non-hydrogen) atoms. The van der Waals surface area contributed by atoms with Crippen molar-refractivity contribution in [1.82, 2.24) is 5.32 Å². The number of hydrogen-bond donors (Lipinski definition) is 1. The highest BCUT2D eigenvalue weighted by Gasteiger charge is 2.12. The third-order valence-corrected chi connectivity index (χ3v) is 3.03. The van der Waals surface area contributed by atoms with E-state index in [1.165, 1.54) is 0 Å². The number of aryl methyl sites for hydroxylation is 1. The van der Waals surface area contributed by atoms with Crippen molar-refractivity contribution >= 4 is 5.91 Å². The summed E-state index contributed by atoms with van der Waals surface area (Å²) >= 11 is 0. The van der Waals surface area contributed by atoms with E-state index in [4.69, 9.17) is 5.26 Å². The van der Waals surface area contributed by atoms with Gasteiger partial charge in [-0.1, -0.05) is 48.0 Å². The summed E-state index contributed by atoms with van der Waals surface area (Å²) in [6, 6.07) is 17.7. The van der Waals surface area contributed by atoms with Gasteiger partial charge in [0.2, 0.25) is 0 Å². The Balaban J connectivity index is 2.34. The summed E-state index contributed by atoms with van der Waals surface area (Å²) in [6.07, 6.45) is 0.318. The van der Waals surface area contributed by atoms with Crippen molar-refractivity contribution in [2.45, 2.75) is 13.3 Å². The summed E-state index contributed by atoms with van der Waals surface area (Å²) in [5, 5.41) is 11.3. The zero-order chi connectivity index (χ0) is 14.4. The molecule has 1 amide bonds. The number of nitriles is 1. The lowest BCUT2D eigenvalue weighted by Crippen LogP contribution is -2.24. The molecule has 1 N–H and O–H groups in total. The van der Waals surface area contributed by atoms with Crippen molar-refractivity contribution in [1.29, 1.82) is 5.26 Å². The van der Waals surface area contributed by atoms with Gasteiger partial charge in [-0.25, -0.2) is 0 Å². The minimum atomic E-state index is -0.136. The van der Waals surface area contributed by atoms with Gasteiger partial charge >= 0.3 is 0 Å². The quantitative estimate of drug-likeness (QED) is 0.861. The Morgan fingerprint density at radius 3 is 2.65 bits per heavy atom. The minimum absolute atomic E-state index is 0.136. The highest BCUT2D eigenvalue weighted by Crippen LogP contribution is 2.24. The second-order valence-corrected chi connectivity index (χ2v) is 4.58. The van der Waals surface area contributed by atoms with Crippen LogP contribution >= 0.6 is 0 Å². The van der Waals surface area contributed by atoms with Gasteiger partial charge in [0.25, 0.3) is 5.91 Å². The lowest BCUT2D eigenvalue weighted by atomic mass is 9.97. The maximum Gasteiger partial charge on any atom is 0.251 e. The van der Waals surface area contributed by atoms with E-state index in [-0.39, 0.29) is 5.91 Å². The first-order valence-electron chi connectivity index (χ1n) is 6.53. The van der Waals surface area contributed by atoms with Crippen LogP contribution in [0, 0.1) is 18.3 Å². The first-order chi connectivity index (χ1) is 9.72. The fraction of sp³-hybridized carbons (Fsp3) is 0.176. The highest BCUT2D eigenvalue weighted by molar-refractivity contribution is 6.01. The average Bonchev–Trinajstić information content (AvgIpc) is 2.48. The van der Waals surface area contributed by atoms with Crippen LogP contribution in [0.5, 0.6) is 0 Å². The van der Waals surface area contributed by atoms with Crippen molar-refractivity contribution in [3.63, 3.8) is 0 Å². The average molecular weight is 264 g/mol. The molecule has 0 heterocycles.